The molecule has 0 aromatic rings. The fourth-order valence-corrected chi connectivity index (χ4v) is 2.68. The molecule has 2 nitrogen and oxygen atoms in total. The van der Waals surface area contributed by atoms with E-state index in [0.717, 1.165) is 18.7 Å². The minimum Gasteiger partial charge on any atom is -0.387 e. The second-order valence-corrected chi connectivity index (χ2v) is 4.05. The Bertz CT molecular complexity index is 224. The Morgan fingerprint density at radius 1 is 1.73 bits per heavy atom. The SMILES string of the molecule is CC1CCNC2=CSC(=O)C21. The van der Waals surface area contributed by atoms with Gasteiger partial charge < -0.3 is 5.32 Å². The highest BCUT2D eigenvalue weighted by Crippen LogP contribution is 2.37. The summed E-state index contributed by atoms with van der Waals surface area (Å²) in [5.41, 5.74) is 1.15. The van der Waals surface area contributed by atoms with Crippen molar-refractivity contribution < 1.29 is 4.79 Å². The molecule has 0 saturated carbocycles. The van der Waals surface area contributed by atoms with Crippen LogP contribution in [0.25, 0.3) is 0 Å². The van der Waals surface area contributed by atoms with Crippen LogP contribution < -0.4 is 5.32 Å². The first kappa shape index (κ1) is 7.22. The monoisotopic (exact) mass is 169 g/mol. The molecule has 2 atom stereocenters. The first-order chi connectivity index (χ1) is 5.29. The fourth-order valence-electron chi connectivity index (χ4n) is 1.70. The second-order valence-electron chi connectivity index (χ2n) is 3.18. The van der Waals surface area contributed by atoms with Gasteiger partial charge in [-0.25, -0.2) is 0 Å². The average Bonchev–Trinajstić information content (AvgIpc) is 2.34. The summed E-state index contributed by atoms with van der Waals surface area (Å²) in [6.07, 6.45) is 1.12. The van der Waals surface area contributed by atoms with Crippen LogP contribution in [-0.4, -0.2) is 11.7 Å². The van der Waals surface area contributed by atoms with E-state index in [1.54, 1.807) is 0 Å². The van der Waals surface area contributed by atoms with Gasteiger partial charge in [-0.3, -0.25) is 4.79 Å². The lowest BCUT2D eigenvalue weighted by atomic mass is 9.87. The molecule has 0 aliphatic carbocycles. The molecule has 1 N–H and O–H groups in total. The Labute approximate surface area is 70.4 Å². The van der Waals surface area contributed by atoms with Crippen LogP contribution in [0.1, 0.15) is 13.3 Å². The zero-order valence-electron chi connectivity index (χ0n) is 6.46. The number of carbonyl (C=O) groups excluding carboxylic acids is 1. The third-order valence-electron chi connectivity index (χ3n) is 2.39. The van der Waals surface area contributed by atoms with Gasteiger partial charge in [0.25, 0.3) is 0 Å². The Balaban J connectivity index is 2.23. The summed E-state index contributed by atoms with van der Waals surface area (Å²) in [4.78, 5) is 11.3. The molecule has 1 saturated heterocycles. The smallest absolute Gasteiger partial charge is 0.202 e. The van der Waals surface area contributed by atoms with Gasteiger partial charge in [0, 0.05) is 12.2 Å². The van der Waals surface area contributed by atoms with Crippen molar-refractivity contribution in [2.24, 2.45) is 11.8 Å². The van der Waals surface area contributed by atoms with Crippen molar-refractivity contribution >= 4 is 16.9 Å². The van der Waals surface area contributed by atoms with Crippen LogP contribution in [0.5, 0.6) is 0 Å². The lowest BCUT2D eigenvalue weighted by molar-refractivity contribution is -0.114. The van der Waals surface area contributed by atoms with Crippen LogP contribution in [0.2, 0.25) is 0 Å². The number of piperidine rings is 1. The highest BCUT2D eigenvalue weighted by molar-refractivity contribution is 8.16. The van der Waals surface area contributed by atoms with Crippen LogP contribution in [0.15, 0.2) is 11.1 Å². The van der Waals surface area contributed by atoms with Crippen LogP contribution >= 0.6 is 11.8 Å². The minimum absolute atomic E-state index is 0.175. The van der Waals surface area contributed by atoms with Gasteiger partial charge in [0.05, 0.1) is 5.92 Å². The van der Waals surface area contributed by atoms with E-state index in [0.29, 0.717) is 11.0 Å². The molecule has 3 heteroatoms. The molecule has 2 heterocycles. The maximum absolute atomic E-state index is 11.3. The summed E-state index contributed by atoms with van der Waals surface area (Å²) in [5, 5.41) is 5.54. The summed E-state index contributed by atoms with van der Waals surface area (Å²) in [6.45, 7) is 3.18. The molecule has 0 aromatic carbocycles. The van der Waals surface area contributed by atoms with E-state index in [2.05, 4.69) is 12.2 Å². The van der Waals surface area contributed by atoms with Crippen LogP contribution in [0, 0.1) is 11.8 Å². The molecular formula is C8H11NOS. The fraction of sp³-hybridized carbons (Fsp3) is 0.625. The molecule has 2 aliphatic rings. The van der Waals surface area contributed by atoms with E-state index in [1.807, 2.05) is 5.41 Å². The van der Waals surface area contributed by atoms with E-state index in [1.165, 1.54) is 11.8 Å². The van der Waals surface area contributed by atoms with Gasteiger partial charge in [0.15, 0.2) is 0 Å². The summed E-state index contributed by atoms with van der Waals surface area (Å²) in [6, 6.07) is 0. The van der Waals surface area contributed by atoms with Gasteiger partial charge in [0.1, 0.15) is 0 Å². The molecular weight excluding hydrogens is 158 g/mol. The van der Waals surface area contributed by atoms with Crippen LogP contribution in [0.3, 0.4) is 0 Å². The Kier molecular flexibility index (Phi) is 1.68. The molecule has 1 fully saturated rings. The molecule has 0 spiro atoms. The molecule has 60 valence electrons. The van der Waals surface area contributed by atoms with Gasteiger partial charge in [-0.15, -0.1) is 0 Å². The zero-order valence-corrected chi connectivity index (χ0v) is 7.28. The Hall–Kier alpha value is -0.440. The number of allylic oxidation sites excluding steroid dienone is 1. The van der Waals surface area contributed by atoms with E-state index in [-0.39, 0.29) is 5.92 Å². The highest BCUT2D eigenvalue weighted by Gasteiger charge is 2.35. The lowest BCUT2D eigenvalue weighted by Crippen LogP contribution is -2.34. The van der Waals surface area contributed by atoms with Crippen molar-refractivity contribution in [1.29, 1.82) is 0 Å². The number of fused-ring (bicyclic) bond motifs is 1. The van der Waals surface area contributed by atoms with Crippen molar-refractivity contribution in [1.82, 2.24) is 5.32 Å². The van der Waals surface area contributed by atoms with Gasteiger partial charge >= 0.3 is 0 Å². The van der Waals surface area contributed by atoms with E-state index in [9.17, 15) is 4.79 Å². The Morgan fingerprint density at radius 2 is 2.55 bits per heavy atom. The van der Waals surface area contributed by atoms with Crippen molar-refractivity contribution in [3.8, 4) is 0 Å². The van der Waals surface area contributed by atoms with Gasteiger partial charge in [-0.2, -0.15) is 0 Å². The average molecular weight is 169 g/mol. The normalized spacial score (nSPS) is 36.1. The number of carbonyl (C=O) groups is 1. The molecule has 0 amide bonds. The Morgan fingerprint density at radius 3 is 3.27 bits per heavy atom. The summed E-state index contributed by atoms with van der Waals surface area (Å²) < 4.78 is 0. The molecule has 0 radical (unpaired) electrons. The van der Waals surface area contributed by atoms with Gasteiger partial charge in [0.2, 0.25) is 5.12 Å². The van der Waals surface area contributed by atoms with Crippen molar-refractivity contribution in [3.05, 3.63) is 11.1 Å². The summed E-state index contributed by atoms with van der Waals surface area (Å²) in [5.74, 6) is 0.707. The zero-order chi connectivity index (χ0) is 7.84. The summed E-state index contributed by atoms with van der Waals surface area (Å²) >= 11 is 1.34. The standard InChI is InChI=1S/C8H11NOS/c1-5-2-3-9-6-4-11-8(10)7(5)6/h4-5,7,9H,2-3H2,1H3. The number of nitrogens with one attached hydrogen (secondary N) is 1. The third-order valence-corrected chi connectivity index (χ3v) is 3.25. The molecule has 2 aliphatic heterocycles. The molecule has 2 unspecified atom stereocenters. The molecule has 0 bridgehead atoms. The van der Waals surface area contributed by atoms with Crippen molar-refractivity contribution in [3.63, 3.8) is 0 Å². The number of hydrogen-bond donors (Lipinski definition) is 1. The second kappa shape index (κ2) is 2.55. The maximum Gasteiger partial charge on any atom is 0.202 e. The largest absolute Gasteiger partial charge is 0.387 e. The first-order valence-electron chi connectivity index (χ1n) is 3.93. The highest BCUT2D eigenvalue weighted by atomic mass is 32.2. The maximum atomic E-state index is 11.3. The van der Waals surface area contributed by atoms with E-state index >= 15 is 0 Å². The predicted molar refractivity (Wildman–Crippen MR) is 46.0 cm³/mol. The first-order valence-corrected chi connectivity index (χ1v) is 4.81. The molecule has 11 heavy (non-hydrogen) atoms. The third kappa shape index (κ3) is 1.07. The van der Waals surface area contributed by atoms with Gasteiger partial charge in [-0.05, 0) is 17.7 Å². The topological polar surface area (TPSA) is 29.1 Å². The van der Waals surface area contributed by atoms with E-state index in [4.69, 9.17) is 0 Å². The number of thioether (sulfide) groups is 1. The van der Waals surface area contributed by atoms with E-state index < -0.39 is 0 Å². The number of rotatable bonds is 0. The van der Waals surface area contributed by atoms with Crippen LogP contribution in [0.4, 0.5) is 0 Å². The van der Waals surface area contributed by atoms with Gasteiger partial charge in [-0.1, -0.05) is 18.7 Å². The van der Waals surface area contributed by atoms with Crippen molar-refractivity contribution in [2.75, 3.05) is 6.54 Å². The number of hydrogen-bond acceptors (Lipinski definition) is 3. The lowest BCUT2D eigenvalue weighted by Gasteiger charge is -2.27. The minimum atomic E-state index is 0.175. The quantitative estimate of drug-likeness (QED) is 0.593. The van der Waals surface area contributed by atoms with Crippen LogP contribution in [-0.2, 0) is 4.79 Å². The summed E-state index contributed by atoms with van der Waals surface area (Å²) in [7, 11) is 0. The molecule has 2 rings (SSSR count). The molecule has 0 aromatic heterocycles. The predicted octanol–water partition coefficient (Wildman–Crippen LogP) is 1.35. The van der Waals surface area contributed by atoms with Crippen molar-refractivity contribution in [2.45, 2.75) is 13.3 Å².